The first kappa shape index (κ1) is 16.2. The molecule has 2 aliphatic heterocycles. The van der Waals surface area contributed by atoms with Gasteiger partial charge < -0.3 is 9.64 Å². The lowest BCUT2D eigenvalue weighted by atomic mass is 9.89. The predicted octanol–water partition coefficient (Wildman–Crippen LogP) is 2.50. The van der Waals surface area contributed by atoms with Crippen molar-refractivity contribution in [3.05, 3.63) is 0 Å². The van der Waals surface area contributed by atoms with Gasteiger partial charge in [-0.25, -0.2) is 0 Å². The number of nitrogens with zero attached hydrogens (tertiary/aromatic N) is 1. The Labute approximate surface area is 118 Å². The summed E-state index contributed by atoms with van der Waals surface area (Å²) < 4.78 is 6.00. The molecule has 0 aliphatic carbocycles. The molecule has 2 aliphatic rings. The second kappa shape index (κ2) is 6.56. The van der Waals surface area contributed by atoms with E-state index in [1.807, 2.05) is 0 Å². The van der Waals surface area contributed by atoms with Gasteiger partial charge in [-0.05, 0) is 39.8 Å². The molecule has 108 valence electrons. The Balaban J connectivity index is 0.00000162. The highest BCUT2D eigenvalue weighted by Gasteiger charge is 2.33. The van der Waals surface area contributed by atoms with Crippen LogP contribution in [0.4, 0.5) is 0 Å². The number of likely N-dealkylation sites (tertiary alicyclic amines) is 1. The number of hydrogen-bond acceptors (Lipinski definition) is 3. The molecular weight excluding hydrogens is 248 g/mol. The minimum Gasteiger partial charge on any atom is -0.362 e. The Hall–Kier alpha value is 0.170. The van der Waals surface area contributed by atoms with Crippen LogP contribution in [-0.2, 0) is 4.74 Å². The van der Waals surface area contributed by atoms with Gasteiger partial charge in [0.2, 0.25) is 0 Å². The Morgan fingerprint density at radius 1 is 1.22 bits per heavy atom. The molecule has 2 heterocycles. The number of ether oxygens (including phenoxy) is 1. The normalized spacial score (nSPS) is 30.2. The number of hydrogen-bond donors (Lipinski definition) is 1. The minimum absolute atomic E-state index is 0. The van der Waals surface area contributed by atoms with Crippen molar-refractivity contribution < 1.29 is 4.74 Å². The summed E-state index contributed by atoms with van der Waals surface area (Å²) in [5.74, 6) is 0.709. The third-order valence-corrected chi connectivity index (χ3v) is 4.17. The molecule has 4 heteroatoms. The van der Waals surface area contributed by atoms with Crippen molar-refractivity contribution in [3.63, 3.8) is 0 Å². The van der Waals surface area contributed by atoms with Crippen molar-refractivity contribution >= 4 is 12.4 Å². The Kier molecular flexibility index (Phi) is 5.91. The average molecular weight is 277 g/mol. The summed E-state index contributed by atoms with van der Waals surface area (Å²) in [6.45, 7) is 13.5. The first-order chi connectivity index (χ1) is 7.98. The summed E-state index contributed by atoms with van der Waals surface area (Å²) in [5.41, 5.74) is 0.301. The van der Waals surface area contributed by atoms with Gasteiger partial charge in [-0.1, -0.05) is 13.8 Å². The van der Waals surface area contributed by atoms with E-state index in [9.17, 15) is 0 Å². The molecule has 2 saturated heterocycles. The summed E-state index contributed by atoms with van der Waals surface area (Å²) in [6, 6.07) is 0.690. The molecule has 0 bridgehead atoms. The van der Waals surface area contributed by atoms with Gasteiger partial charge >= 0.3 is 0 Å². The zero-order valence-electron chi connectivity index (χ0n) is 12.2. The molecule has 2 fully saturated rings. The molecule has 0 spiro atoms. The van der Waals surface area contributed by atoms with Gasteiger partial charge in [0.25, 0.3) is 0 Å². The van der Waals surface area contributed by atoms with Gasteiger partial charge in [0.1, 0.15) is 6.23 Å². The van der Waals surface area contributed by atoms with Crippen LogP contribution in [-0.4, -0.2) is 43.4 Å². The van der Waals surface area contributed by atoms with E-state index < -0.39 is 0 Å². The molecule has 0 aromatic rings. The summed E-state index contributed by atoms with van der Waals surface area (Å²) in [5, 5.41) is 3.58. The van der Waals surface area contributed by atoms with Crippen molar-refractivity contribution in [2.75, 3.05) is 26.2 Å². The van der Waals surface area contributed by atoms with Crippen molar-refractivity contribution in [1.29, 1.82) is 0 Å². The maximum Gasteiger partial charge on any atom is 0.111 e. The Bertz CT molecular complexity index is 240. The molecule has 2 rings (SSSR count). The highest BCUT2D eigenvalue weighted by atomic mass is 35.5. The van der Waals surface area contributed by atoms with Crippen LogP contribution in [0.5, 0.6) is 0 Å². The van der Waals surface area contributed by atoms with E-state index in [-0.39, 0.29) is 12.4 Å². The van der Waals surface area contributed by atoms with Crippen LogP contribution in [0.2, 0.25) is 0 Å². The zero-order valence-corrected chi connectivity index (χ0v) is 13.1. The predicted molar refractivity (Wildman–Crippen MR) is 78.2 cm³/mol. The van der Waals surface area contributed by atoms with Crippen LogP contribution in [0, 0.1) is 11.3 Å². The molecule has 0 amide bonds. The summed E-state index contributed by atoms with van der Waals surface area (Å²) in [7, 11) is 0. The summed E-state index contributed by atoms with van der Waals surface area (Å²) in [4.78, 5) is 2.57. The summed E-state index contributed by atoms with van der Waals surface area (Å²) in [6.07, 6.45) is 2.85. The van der Waals surface area contributed by atoms with Gasteiger partial charge in [-0.2, -0.15) is 0 Å². The largest absolute Gasteiger partial charge is 0.362 e. The Morgan fingerprint density at radius 3 is 2.28 bits per heavy atom. The maximum absolute atomic E-state index is 6.00. The fourth-order valence-corrected chi connectivity index (χ4v) is 2.84. The van der Waals surface area contributed by atoms with E-state index in [1.165, 1.54) is 25.9 Å². The number of rotatable bonds is 2. The van der Waals surface area contributed by atoms with E-state index in [2.05, 4.69) is 37.9 Å². The van der Waals surface area contributed by atoms with Crippen molar-refractivity contribution in [2.24, 2.45) is 11.3 Å². The molecule has 18 heavy (non-hydrogen) atoms. The first-order valence-corrected chi connectivity index (χ1v) is 7.07. The SMILES string of the molecule is CC(C)N1CCC(C2NCC(C)(C)CO2)CC1.Cl. The zero-order chi connectivity index (χ0) is 12.5. The number of piperidine rings is 1. The van der Waals surface area contributed by atoms with Crippen LogP contribution in [0.15, 0.2) is 0 Å². The van der Waals surface area contributed by atoms with Crippen molar-refractivity contribution in [2.45, 2.75) is 52.8 Å². The topological polar surface area (TPSA) is 24.5 Å². The van der Waals surface area contributed by atoms with Gasteiger partial charge in [0.05, 0.1) is 6.61 Å². The highest BCUT2D eigenvalue weighted by molar-refractivity contribution is 5.85. The molecule has 0 aromatic heterocycles. The van der Waals surface area contributed by atoms with Crippen LogP contribution in [0.1, 0.15) is 40.5 Å². The van der Waals surface area contributed by atoms with E-state index in [4.69, 9.17) is 4.74 Å². The monoisotopic (exact) mass is 276 g/mol. The van der Waals surface area contributed by atoms with Crippen LogP contribution in [0.3, 0.4) is 0 Å². The second-order valence-electron chi connectivity index (χ2n) is 6.74. The lowest BCUT2D eigenvalue weighted by molar-refractivity contribution is -0.0959. The number of halogens is 1. The summed E-state index contributed by atoms with van der Waals surface area (Å²) >= 11 is 0. The Morgan fingerprint density at radius 2 is 1.83 bits per heavy atom. The van der Waals surface area contributed by atoms with Crippen LogP contribution >= 0.6 is 12.4 Å². The van der Waals surface area contributed by atoms with E-state index in [1.54, 1.807) is 0 Å². The fraction of sp³-hybridized carbons (Fsp3) is 1.00. The average Bonchev–Trinajstić information content (AvgIpc) is 2.29. The minimum atomic E-state index is 0. The fourth-order valence-electron chi connectivity index (χ4n) is 2.84. The van der Waals surface area contributed by atoms with Gasteiger partial charge in [0.15, 0.2) is 0 Å². The second-order valence-corrected chi connectivity index (χ2v) is 6.74. The molecule has 3 nitrogen and oxygen atoms in total. The molecule has 1 unspecified atom stereocenters. The van der Waals surface area contributed by atoms with Gasteiger partial charge in [-0.3, -0.25) is 5.32 Å². The van der Waals surface area contributed by atoms with Gasteiger partial charge in [-0.15, -0.1) is 12.4 Å². The van der Waals surface area contributed by atoms with Crippen LogP contribution < -0.4 is 5.32 Å². The first-order valence-electron chi connectivity index (χ1n) is 7.07. The lowest BCUT2D eigenvalue weighted by Gasteiger charge is -2.42. The van der Waals surface area contributed by atoms with Gasteiger partial charge in [0, 0.05) is 23.9 Å². The van der Waals surface area contributed by atoms with E-state index in [0.717, 1.165) is 13.2 Å². The highest BCUT2D eigenvalue weighted by Crippen LogP contribution is 2.27. The third kappa shape index (κ3) is 4.09. The van der Waals surface area contributed by atoms with Crippen LogP contribution in [0.25, 0.3) is 0 Å². The molecule has 1 N–H and O–H groups in total. The lowest BCUT2D eigenvalue weighted by Crippen LogP contribution is -2.53. The smallest absolute Gasteiger partial charge is 0.111 e. The maximum atomic E-state index is 6.00. The molecule has 0 radical (unpaired) electrons. The molecule has 0 aromatic carbocycles. The quantitative estimate of drug-likeness (QED) is 0.839. The molecule has 1 atom stereocenters. The van der Waals surface area contributed by atoms with Crippen molar-refractivity contribution in [3.8, 4) is 0 Å². The standard InChI is InChI=1S/C14H28N2O.ClH/c1-11(2)16-7-5-12(6-8-16)13-15-9-14(3,4)10-17-13;/h11-13,15H,5-10H2,1-4H3;1H. The molecular formula is C14H29ClN2O. The van der Waals surface area contributed by atoms with E-state index in [0.29, 0.717) is 23.6 Å². The molecule has 0 saturated carbocycles. The number of nitrogens with one attached hydrogen (secondary N) is 1. The van der Waals surface area contributed by atoms with E-state index >= 15 is 0 Å². The van der Waals surface area contributed by atoms with Crippen molar-refractivity contribution in [1.82, 2.24) is 10.2 Å². The third-order valence-electron chi connectivity index (χ3n) is 4.17.